The summed E-state index contributed by atoms with van der Waals surface area (Å²) < 4.78 is 5.59. The van der Waals surface area contributed by atoms with Crippen molar-refractivity contribution in [2.75, 3.05) is 5.32 Å². The van der Waals surface area contributed by atoms with Crippen LogP contribution < -0.4 is 5.32 Å². The summed E-state index contributed by atoms with van der Waals surface area (Å²) >= 11 is 1.50. The molecule has 128 valence electrons. The molecule has 1 aromatic carbocycles. The van der Waals surface area contributed by atoms with Crippen LogP contribution in [-0.4, -0.2) is 10.9 Å². The van der Waals surface area contributed by atoms with Gasteiger partial charge in [-0.1, -0.05) is 12.1 Å². The molecule has 1 N–H and O–H groups in total. The van der Waals surface area contributed by atoms with E-state index in [1.54, 1.807) is 0 Å². The number of anilines is 1. The van der Waals surface area contributed by atoms with Crippen LogP contribution in [0.25, 0.3) is 10.8 Å². The summed E-state index contributed by atoms with van der Waals surface area (Å²) in [5, 5.41) is 5.81. The lowest BCUT2D eigenvalue weighted by Gasteiger charge is -2.19. The highest BCUT2D eigenvalue weighted by Crippen LogP contribution is 2.28. The molecule has 0 aliphatic heterocycles. The summed E-state index contributed by atoms with van der Waals surface area (Å²) in [4.78, 5) is 17.0. The molecule has 0 bridgehead atoms. The number of aryl methyl sites for hydroxylation is 2. The van der Waals surface area contributed by atoms with Crippen LogP contribution in [0, 0.1) is 6.92 Å². The Morgan fingerprint density at radius 3 is 2.96 bits per heavy atom. The quantitative estimate of drug-likeness (QED) is 0.736. The first-order chi connectivity index (χ1) is 12.2. The van der Waals surface area contributed by atoms with Crippen LogP contribution in [0.3, 0.4) is 0 Å². The molecule has 0 radical (unpaired) electrons. The zero-order valence-electron chi connectivity index (χ0n) is 14.2. The standard InChI is InChI=1S/C20H20N2O2S/c1-13-9-10-18(24-13)20-21-15(12-25-20)11-19(23)22-17-8-4-6-14-5-2-3-7-16(14)17/h4,6,8-10,12H,2-3,5,7,11H2,1H3,(H,22,23). The Morgan fingerprint density at radius 2 is 2.12 bits per heavy atom. The number of hydrogen-bond acceptors (Lipinski definition) is 4. The number of furan rings is 1. The third-order valence-corrected chi connectivity index (χ3v) is 5.42. The van der Waals surface area contributed by atoms with Gasteiger partial charge < -0.3 is 9.73 Å². The maximum Gasteiger partial charge on any atom is 0.230 e. The molecule has 4 nitrogen and oxygen atoms in total. The molecule has 0 atom stereocenters. The van der Waals surface area contributed by atoms with Crippen molar-refractivity contribution in [3.05, 3.63) is 58.3 Å². The van der Waals surface area contributed by atoms with E-state index in [1.165, 1.54) is 35.3 Å². The fraction of sp³-hybridized carbons (Fsp3) is 0.300. The summed E-state index contributed by atoms with van der Waals surface area (Å²) in [6, 6.07) is 10.0. The first kappa shape index (κ1) is 16.1. The largest absolute Gasteiger partial charge is 0.459 e. The van der Waals surface area contributed by atoms with E-state index in [2.05, 4.69) is 16.4 Å². The van der Waals surface area contributed by atoms with Gasteiger partial charge >= 0.3 is 0 Å². The van der Waals surface area contributed by atoms with E-state index in [9.17, 15) is 4.79 Å². The molecular weight excluding hydrogens is 332 g/mol. The molecule has 5 heteroatoms. The summed E-state index contributed by atoms with van der Waals surface area (Å²) in [5.41, 5.74) is 4.40. The second-order valence-corrected chi connectivity index (χ2v) is 7.29. The van der Waals surface area contributed by atoms with E-state index in [-0.39, 0.29) is 12.3 Å². The minimum Gasteiger partial charge on any atom is -0.459 e. The molecule has 3 aromatic rings. The first-order valence-electron chi connectivity index (χ1n) is 8.61. The van der Waals surface area contributed by atoms with Crippen molar-refractivity contribution in [2.45, 2.75) is 39.0 Å². The molecule has 0 spiro atoms. The van der Waals surface area contributed by atoms with E-state index in [1.807, 2.05) is 36.6 Å². The zero-order chi connectivity index (χ0) is 17.2. The van der Waals surface area contributed by atoms with Gasteiger partial charge in [-0.05, 0) is 61.9 Å². The number of benzene rings is 1. The van der Waals surface area contributed by atoms with Crippen LogP contribution >= 0.6 is 11.3 Å². The minimum absolute atomic E-state index is 0.0218. The highest BCUT2D eigenvalue weighted by atomic mass is 32.1. The Kier molecular flexibility index (Phi) is 4.40. The number of thiazole rings is 1. The average molecular weight is 352 g/mol. The van der Waals surface area contributed by atoms with Gasteiger partial charge in [0.2, 0.25) is 5.91 Å². The molecule has 0 saturated carbocycles. The van der Waals surface area contributed by atoms with Crippen LogP contribution in [-0.2, 0) is 24.1 Å². The van der Waals surface area contributed by atoms with Gasteiger partial charge in [0.15, 0.2) is 10.8 Å². The Hall–Kier alpha value is -2.40. The number of aromatic nitrogens is 1. The zero-order valence-corrected chi connectivity index (χ0v) is 15.0. The normalized spacial score (nSPS) is 13.5. The third-order valence-electron chi connectivity index (χ3n) is 4.51. The van der Waals surface area contributed by atoms with Crippen LogP contribution in [0.4, 0.5) is 5.69 Å². The van der Waals surface area contributed by atoms with Crippen molar-refractivity contribution >= 4 is 22.9 Å². The fourth-order valence-corrected chi connectivity index (χ4v) is 4.09. The predicted molar refractivity (Wildman–Crippen MR) is 100.0 cm³/mol. The van der Waals surface area contributed by atoms with E-state index in [0.717, 1.165) is 40.8 Å². The molecular formula is C20H20N2O2S. The van der Waals surface area contributed by atoms with Crippen molar-refractivity contribution in [2.24, 2.45) is 0 Å². The van der Waals surface area contributed by atoms with E-state index < -0.39 is 0 Å². The third kappa shape index (κ3) is 3.51. The Bertz CT molecular complexity index is 910. The van der Waals surface area contributed by atoms with Crippen LogP contribution in [0.15, 0.2) is 40.1 Å². The smallest absolute Gasteiger partial charge is 0.230 e. The molecule has 4 rings (SSSR count). The van der Waals surface area contributed by atoms with Crippen molar-refractivity contribution in [3.63, 3.8) is 0 Å². The van der Waals surface area contributed by atoms with Crippen molar-refractivity contribution in [1.29, 1.82) is 0 Å². The molecule has 2 aromatic heterocycles. The van der Waals surface area contributed by atoms with Gasteiger partial charge in [-0.25, -0.2) is 4.98 Å². The summed E-state index contributed by atoms with van der Waals surface area (Å²) in [6.07, 6.45) is 4.86. The number of amides is 1. The molecule has 25 heavy (non-hydrogen) atoms. The van der Waals surface area contributed by atoms with Gasteiger partial charge in [0.1, 0.15) is 5.76 Å². The Labute approximate surface area is 150 Å². The lowest BCUT2D eigenvalue weighted by molar-refractivity contribution is -0.115. The van der Waals surface area contributed by atoms with E-state index in [0.29, 0.717) is 0 Å². The molecule has 1 amide bonds. The van der Waals surface area contributed by atoms with Gasteiger partial charge in [0.05, 0.1) is 12.1 Å². The monoisotopic (exact) mass is 352 g/mol. The lowest BCUT2D eigenvalue weighted by atomic mass is 9.90. The summed E-state index contributed by atoms with van der Waals surface area (Å²) in [5.74, 6) is 1.59. The van der Waals surface area contributed by atoms with Gasteiger partial charge in [0, 0.05) is 11.1 Å². The highest BCUT2D eigenvalue weighted by molar-refractivity contribution is 7.13. The van der Waals surface area contributed by atoms with Crippen molar-refractivity contribution in [1.82, 2.24) is 4.98 Å². The van der Waals surface area contributed by atoms with Crippen LogP contribution in [0.2, 0.25) is 0 Å². The number of hydrogen-bond donors (Lipinski definition) is 1. The lowest BCUT2D eigenvalue weighted by Crippen LogP contribution is -2.17. The SMILES string of the molecule is Cc1ccc(-c2nc(CC(=O)Nc3cccc4c3CCCC4)cs2)o1. The maximum atomic E-state index is 12.4. The van der Waals surface area contributed by atoms with Crippen molar-refractivity contribution in [3.8, 4) is 10.8 Å². The highest BCUT2D eigenvalue weighted by Gasteiger charge is 2.16. The van der Waals surface area contributed by atoms with Crippen molar-refractivity contribution < 1.29 is 9.21 Å². The predicted octanol–water partition coefficient (Wildman–Crippen LogP) is 4.77. The molecule has 0 saturated heterocycles. The molecule has 2 heterocycles. The van der Waals surface area contributed by atoms with E-state index in [4.69, 9.17) is 4.42 Å². The number of fused-ring (bicyclic) bond motifs is 1. The first-order valence-corrected chi connectivity index (χ1v) is 9.49. The summed E-state index contributed by atoms with van der Waals surface area (Å²) in [7, 11) is 0. The molecule has 0 unspecified atom stereocenters. The second kappa shape index (κ2) is 6.84. The molecule has 1 aliphatic carbocycles. The topological polar surface area (TPSA) is 55.1 Å². The van der Waals surface area contributed by atoms with Gasteiger partial charge in [-0.3, -0.25) is 4.79 Å². The maximum absolute atomic E-state index is 12.4. The molecule has 0 fully saturated rings. The number of nitrogens with zero attached hydrogens (tertiary/aromatic N) is 1. The number of rotatable bonds is 4. The number of carbonyl (C=O) groups excluding carboxylic acids is 1. The Morgan fingerprint density at radius 1 is 1.24 bits per heavy atom. The van der Waals surface area contributed by atoms with E-state index >= 15 is 0 Å². The Balaban J connectivity index is 1.46. The fourth-order valence-electron chi connectivity index (χ4n) is 3.31. The van der Waals surface area contributed by atoms with Gasteiger partial charge in [0.25, 0.3) is 0 Å². The average Bonchev–Trinajstić information content (AvgIpc) is 3.24. The van der Waals surface area contributed by atoms with Gasteiger partial charge in [-0.15, -0.1) is 11.3 Å². The molecule has 1 aliphatic rings. The van der Waals surface area contributed by atoms with Gasteiger partial charge in [-0.2, -0.15) is 0 Å². The minimum atomic E-state index is -0.0218. The summed E-state index contributed by atoms with van der Waals surface area (Å²) in [6.45, 7) is 1.91. The van der Waals surface area contributed by atoms with Crippen LogP contribution in [0.5, 0.6) is 0 Å². The number of nitrogens with one attached hydrogen (secondary N) is 1. The van der Waals surface area contributed by atoms with Crippen LogP contribution in [0.1, 0.15) is 35.4 Å². The number of carbonyl (C=O) groups is 1. The second-order valence-electron chi connectivity index (χ2n) is 6.43.